The first-order chi connectivity index (χ1) is 15.5. The second-order valence-electron chi connectivity index (χ2n) is 7.17. The van der Waals surface area contributed by atoms with Gasteiger partial charge in [0.05, 0.1) is 23.5 Å². The van der Waals surface area contributed by atoms with Crippen molar-refractivity contribution in [1.29, 1.82) is 0 Å². The van der Waals surface area contributed by atoms with Gasteiger partial charge in [-0.2, -0.15) is 0 Å². The van der Waals surface area contributed by atoms with Gasteiger partial charge < -0.3 is 4.74 Å². The van der Waals surface area contributed by atoms with Crippen LogP contribution in [0, 0.1) is 11.6 Å². The minimum atomic E-state index is -0.763. The maximum Gasteiger partial charge on any atom is 0.260 e. The van der Waals surface area contributed by atoms with Gasteiger partial charge >= 0.3 is 0 Å². The fourth-order valence-corrected chi connectivity index (χ4v) is 4.13. The number of fused-ring (bicyclic) bond motifs is 1. The number of amides is 1. The number of benzene rings is 2. The number of aromatic nitrogens is 2. The first-order valence-electron chi connectivity index (χ1n) is 10.3. The van der Waals surface area contributed by atoms with E-state index in [9.17, 15) is 13.6 Å². The maximum absolute atomic E-state index is 14.2. The molecule has 2 heterocycles. The zero-order chi connectivity index (χ0) is 22.5. The summed E-state index contributed by atoms with van der Waals surface area (Å²) in [6.45, 7) is 2.84. The summed E-state index contributed by atoms with van der Waals surface area (Å²) in [6, 6.07) is 14.2. The predicted octanol–water partition coefficient (Wildman–Crippen LogP) is 6.00. The molecule has 32 heavy (non-hydrogen) atoms. The third-order valence-corrected chi connectivity index (χ3v) is 5.82. The van der Waals surface area contributed by atoms with Crippen molar-refractivity contribution >= 4 is 32.6 Å². The van der Waals surface area contributed by atoms with Crippen LogP contribution in [0.2, 0.25) is 0 Å². The Morgan fingerprint density at radius 3 is 2.66 bits per heavy atom. The molecule has 0 fully saturated rings. The molecule has 0 aliphatic rings. The van der Waals surface area contributed by atoms with Crippen molar-refractivity contribution in [1.82, 2.24) is 9.97 Å². The Kier molecular flexibility index (Phi) is 6.70. The molecule has 5 nitrogen and oxygen atoms in total. The summed E-state index contributed by atoms with van der Waals surface area (Å²) in [5, 5.41) is 0.267. The van der Waals surface area contributed by atoms with Crippen molar-refractivity contribution in [2.24, 2.45) is 0 Å². The second-order valence-corrected chi connectivity index (χ2v) is 8.18. The van der Waals surface area contributed by atoms with Gasteiger partial charge in [-0.3, -0.25) is 14.7 Å². The molecule has 0 unspecified atom stereocenters. The van der Waals surface area contributed by atoms with Crippen LogP contribution >= 0.6 is 11.3 Å². The number of halogens is 2. The van der Waals surface area contributed by atoms with Gasteiger partial charge in [0, 0.05) is 17.8 Å². The molecule has 1 amide bonds. The molecule has 2 aromatic carbocycles. The van der Waals surface area contributed by atoms with Gasteiger partial charge in [0.2, 0.25) is 0 Å². The van der Waals surface area contributed by atoms with Crippen molar-refractivity contribution in [2.75, 3.05) is 11.5 Å². The number of anilines is 1. The summed E-state index contributed by atoms with van der Waals surface area (Å²) in [7, 11) is 0. The average Bonchev–Trinajstić information content (AvgIpc) is 3.22. The SMILES string of the molecule is CCCCOc1ccc(C(=O)N(Cc2ccccn2)c2nc3c(F)cc(F)cc3s2)cc1. The molecule has 0 saturated carbocycles. The first kappa shape index (κ1) is 21.8. The number of unbranched alkanes of at least 4 members (excludes halogenated alkanes) is 1. The van der Waals surface area contributed by atoms with E-state index in [-0.39, 0.29) is 23.1 Å². The molecule has 2 aromatic heterocycles. The average molecular weight is 454 g/mol. The van der Waals surface area contributed by atoms with Gasteiger partial charge in [-0.15, -0.1) is 0 Å². The standard InChI is InChI=1S/C24H21F2N3O2S/c1-2-3-12-31-19-9-7-16(8-10-19)23(30)29(15-18-6-4-5-11-27-18)24-28-22-20(26)13-17(25)14-21(22)32-24/h4-11,13-14H,2-3,12,15H2,1H3. The Bertz CT molecular complexity index is 1210. The number of nitrogens with zero attached hydrogens (tertiary/aromatic N) is 3. The fourth-order valence-electron chi connectivity index (χ4n) is 3.12. The topological polar surface area (TPSA) is 55.3 Å². The van der Waals surface area contributed by atoms with E-state index in [1.165, 1.54) is 11.0 Å². The molecule has 0 bridgehead atoms. The van der Waals surface area contributed by atoms with E-state index < -0.39 is 11.6 Å². The lowest BCUT2D eigenvalue weighted by Gasteiger charge is -2.19. The van der Waals surface area contributed by atoms with Gasteiger partial charge in [-0.25, -0.2) is 13.8 Å². The number of carbonyl (C=O) groups is 1. The van der Waals surface area contributed by atoms with Crippen LogP contribution < -0.4 is 9.64 Å². The molecule has 0 atom stereocenters. The summed E-state index contributed by atoms with van der Waals surface area (Å²) < 4.78 is 33.9. The largest absolute Gasteiger partial charge is 0.494 e. The number of rotatable bonds is 8. The number of ether oxygens (including phenoxy) is 1. The van der Waals surface area contributed by atoms with Crippen LogP contribution in [0.25, 0.3) is 10.2 Å². The minimum Gasteiger partial charge on any atom is -0.494 e. The highest BCUT2D eigenvalue weighted by Crippen LogP contribution is 2.32. The van der Waals surface area contributed by atoms with E-state index in [1.807, 2.05) is 6.07 Å². The summed E-state index contributed by atoms with van der Waals surface area (Å²) in [5.41, 5.74) is 1.10. The number of thiazole rings is 1. The Morgan fingerprint density at radius 1 is 1.12 bits per heavy atom. The molecule has 0 spiro atoms. The molecule has 0 aliphatic heterocycles. The molecule has 0 radical (unpaired) electrons. The highest BCUT2D eigenvalue weighted by Gasteiger charge is 2.23. The normalized spacial score (nSPS) is 11.0. The van der Waals surface area contributed by atoms with Crippen LogP contribution in [0.15, 0.2) is 60.8 Å². The Morgan fingerprint density at radius 2 is 1.94 bits per heavy atom. The zero-order valence-electron chi connectivity index (χ0n) is 17.4. The van der Waals surface area contributed by atoms with Crippen molar-refractivity contribution in [3.8, 4) is 5.75 Å². The quantitative estimate of drug-likeness (QED) is 0.307. The maximum atomic E-state index is 14.2. The molecule has 164 valence electrons. The number of carbonyl (C=O) groups excluding carboxylic acids is 1. The predicted molar refractivity (Wildman–Crippen MR) is 121 cm³/mol. The van der Waals surface area contributed by atoms with Crippen LogP contribution in [0.5, 0.6) is 5.75 Å². The second kappa shape index (κ2) is 9.82. The van der Waals surface area contributed by atoms with E-state index >= 15 is 0 Å². The summed E-state index contributed by atoms with van der Waals surface area (Å²) in [4.78, 5) is 23.4. The van der Waals surface area contributed by atoms with Crippen LogP contribution in [0.3, 0.4) is 0 Å². The Balaban J connectivity index is 1.66. The van der Waals surface area contributed by atoms with Crippen LogP contribution in [-0.4, -0.2) is 22.5 Å². The molecule has 0 saturated heterocycles. The van der Waals surface area contributed by atoms with Crippen LogP contribution in [0.1, 0.15) is 35.8 Å². The lowest BCUT2D eigenvalue weighted by atomic mass is 10.2. The zero-order valence-corrected chi connectivity index (χ0v) is 18.2. The van der Waals surface area contributed by atoms with Gasteiger partial charge in [-0.1, -0.05) is 30.7 Å². The third-order valence-electron chi connectivity index (χ3n) is 4.79. The molecule has 0 N–H and O–H groups in total. The smallest absolute Gasteiger partial charge is 0.260 e. The number of hydrogen-bond donors (Lipinski definition) is 0. The number of hydrogen-bond acceptors (Lipinski definition) is 5. The lowest BCUT2D eigenvalue weighted by Crippen LogP contribution is -2.30. The minimum absolute atomic E-state index is 0.0323. The van der Waals surface area contributed by atoms with E-state index in [2.05, 4.69) is 16.9 Å². The highest BCUT2D eigenvalue weighted by atomic mass is 32.1. The Hall–Kier alpha value is -3.39. The molecular weight excluding hydrogens is 432 g/mol. The van der Waals surface area contributed by atoms with Crippen molar-refractivity contribution in [3.05, 3.63) is 83.7 Å². The fraction of sp³-hybridized carbons (Fsp3) is 0.208. The van der Waals surface area contributed by atoms with Crippen LogP contribution in [0.4, 0.5) is 13.9 Å². The molecule has 4 aromatic rings. The molecule has 4 rings (SSSR count). The van der Waals surface area contributed by atoms with Gasteiger partial charge in [-0.05, 0) is 48.9 Å². The van der Waals surface area contributed by atoms with E-state index in [4.69, 9.17) is 4.74 Å². The number of pyridine rings is 1. The Labute approximate surface area is 188 Å². The summed E-state index contributed by atoms with van der Waals surface area (Å²) >= 11 is 1.05. The third kappa shape index (κ3) is 4.91. The van der Waals surface area contributed by atoms with E-state index in [0.717, 1.165) is 30.2 Å². The monoisotopic (exact) mass is 453 g/mol. The molecular formula is C24H21F2N3O2S. The van der Waals surface area contributed by atoms with Gasteiger partial charge in [0.15, 0.2) is 10.9 Å². The molecule has 8 heteroatoms. The van der Waals surface area contributed by atoms with Crippen molar-refractivity contribution in [3.63, 3.8) is 0 Å². The van der Waals surface area contributed by atoms with E-state index in [1.54, 1.807) is 42.6 Å². The van der Waals surface area contributed by atoms with Crippen molar-refractivity contribution in [2.45, 2.75) is 26.3 Å². The van der Waals surface area contributed by atoms with Gasteiger partial charge in [0.1, 0.15) is 17.1 Å². The summed E-state index contributed by atoms with van der Waals surface area (Å²) in [6.07, 6.45) is 3.62. The van der Waals surface area contributed by atoms with E-state index in [0.29, 0.717) is 28.3 Å². The summed E-state index contributed by atoms with van der Waals surface area (Å²) in [5.74, 6) is -1.09. The van der Waals surface area contributed by atoms with Crippen molar-refractivity contribution < 1.29 is 18.3 Å². The first-order valence-corrected chi connectivity index (χ1v) is 11.1. The lowest BCUT2D eigenvalue weighted by molar-refractivity contribution is 0.0984. The molecule has 0 aliphatic carbocycles. The van der Waals surface area contributed by atoms with Gasteiger partial charge in [0.25, 0.3) is 5.91 Å². The highest BCUT2D eigenvalue weighted by molar-refractivity contribution is 7.22. The van der Waals surface area contributed by atoms with Crippen LogP contribution in [-0.2, 0) is 6.54 Å².